The van der Waals surface area contributed by atoms with Crippen molar-refractivity contribution in [2.24, 2.45) is 0 Å². The Kier molecular flexibility index (Phi) is 3.91. The molecule has 84 valence electrons. The molecular formula is C10H8BrClN2OS. The van der Waals surface area contributed by atoms with Gasteiger partial charge in [-0.1, -0.05) is 11.6 Å². The summed E-state index contributed by atoms with van der Waals surface area (Å²) in [5.74, 6) is 0.626. The summed E-state index contributed by atoms with van der Waals surface area (Å²) in [6, 6.07) is 3.66. The molecule has 0 aliphatic carbocycles. The summed E-state index contributed by atoms with van der Waals surface area (Å²) in [6.07, 6.45) is 0. The van der Waals surface area contributed by atoms with E-state index in [0.717, 1.165) is 15.0 Å². The number of hydrogen-bond donors (Lipinski definition) is 0. The van der Waals surface area contributed by atoms with Crippen molar-refractivity contribution >= 4 is 38.9 Å². The van der Waals surface area contributed by atoms with E-state index in [2.05, 4.69) is 25.9 Å². The first-order valence-electron chi connectivity index (χ1n) is 4.46. The van der Waals surface area contributed by atoms with Gasteiger partial charge in [-0.25, -0.2) is 9.97 Å². The minimum atomic E-state index is 0.428. The van der Waals surface area contributed by atoms with E-state index in [0.29, 0.717) is 17.6 Å². The number of thiophene rings is 1. The lowest BCUT2D eigenvalue weighted by molar-refractivity contribution is 0.181. The lowest BCUT2D eigenvalue weighted by atomic mass is 10.4. The Morgan fingerprint density at radius 3 is 2.94 bits per heavy atom. The van der Waals surface area contributed by atoms with Gasteiger partial charge in [0, 0.05) is 11.6 Å². The molecule has 0 spiro atoms. The zero-order chi connectivity index (χ0) is 11.5. The lowest BCUT2D eigenvalue weighted by Gasteiger charge is -2.03. The number of methoxy groups -OCH3 is 1. The Labute approximate surface area is 111 Å². The summed E-state index contributed by atoms with van der Waals surface area (Å²) in [5, 5.41) is 2.40. The first-order chi connectivity index (χ1) is 7.70. The van der Waals surface area contributed by atoms with Crippen LogP contribution in [0.5, 0.6) is 0 Å². The fourth-order valence-electron chi connectivity index (χ4n) is 1.24. The Morgan fingerprint density at radius 1 is 1.50 bits per heavy atom. The van der Waals surface area contributed by atoms with E-state index < -0.39 is 0 Å². The van der Waals surface area contributed by atoms with Crippen LogP contribution in [0.15, 0.2) is 22.0 Å². The third-order valence-electron chi connectivity index (χ3n) is 1.86. The highest BCUT2D eigenvalue weighted by atomic mass is 79.9. The Bertz CT molecular complexity index is 503. The lowest BCUT2D eigenvalue weighted by Crippen LogP contribution is -1.96. The molecule has 6 heteroatoms. The maximum absolute atomic E-state index is 5.94. The number of halogens is 2. The molecule has 0 bridgehead atoms. The minimum absolute atomic E-state index is 0.428. The predicted molar refractivity (Wildman–Crippen MR) is 68.8 cm³/mol. The molecule has 0 unspecified atom stereocenters. The van der Waals surface area contributed by atoms with Crippen LogP contribution in [0.3, 0.4) is 0 Å². The molecule has 3 nitrogen and oxygen atoms in total. The van der Waals surface area contributed by atoms with Crippen molar-refractivity contribution in [3.63, 3.8) is 0 Å². The molecule has 0 aromatic carbocycles. The van der Waals surface area contributed by atoms with E-state index in [-0.39, 0.29) is 0 Å². The predicted octanol–water partition coefficient (Wildman–Crippen LogP) is 3.77. The summed E-state index contributed by atoms with van der Waals surface area (Å²) >= 11 is 11.0. The molecule has 0 atom stereocenters. The monoisotopic (exact) mass is 318 g/mol. The number of aromatic nitrogens is 2. The van der Waals surface area contributed by atoms with Crippen LogP contribution in [0.2, 0.25) is 5.15 Å². The third kappa shape index (κ3) is 2.60. The second-order valence-corrected chi connectivity index (χ2v) is 5.19. The molecule has 0 aliphatic rings. The van der Waals surface area contributed by atoms with E-state index in [4.69, 9.17) is 16.3 Å². The van der Waals surface area contributed by atoms with Gasteiger partial charge in [0.15, 0.2) is 5.82 Å². The number of hydrogen-bond acceptors (Lipinski definition) is 4. The van der Waals surface area contributed by atoms with E-state index in [1.807, 2.05) is 11.4 Å². The molecule has 2 rings (SSSR count). The van der Waals surface area contributed by atoms with Gasteiger partial charge >= 0.3 is 0 Å². The molecule has 2 heterocycles. The molecule has 0 aliphatic heterocycles. The van der Waals surface area contributed by atoms with Crippen molar-refractivity contribution in [2.45, 2.75) is 6.61 Å². The highest BCUT2D eigenvalue weighted by Gasteiger charge is 2.10. The van der Waals surface area contributed by atoms with E-state index >= 15 is 0 Å². The van der Waals surface area contributed by atoms with Crippen molar-refractivity contribution in [1.29, 1.82) is 0 Å². The quantitative estimate of drug-likeness (QED) is 0.808. The van der Waals surface area contributed by atoms with Crippen LogP contribution in [0, 0.1) is 0 Å². The first-order valence-corrected chi connectivity index (χ1v) is 6.51. The maximum Gasteiger partial charge on any atom is 0.172 e. The van der Waals surface area contributed by atoms with Crippen LogP contribution in [0.1, 0.15) is 5.69 Å². The highest BCUT2D eigenvalue weighted by Crippen LogP contribution is 2.31. The summed E-state index contributed by atoms with van der Waals surface area (Å²) in [4.78, 5) is 9.56. The van der Waals surface area contributed by atoms with E-state index in [1.54, 1.807) is 24.5 Å². The van der Waals surface area contributed by atoms with Crippen molar-refractivity contribution in [3.8, 4) is 10.7 Å². The molecule has 0 radical (unpaired) electrons. The van der Waals surface area contributed by atoms with Gasteiger partial charge in [0.1, 0.15) is 5.15 Å². The zero-order valence-corrected chi connectivity index (χ0v) is 11.6. The summed E-state index contributed by atoms with van der Waals surface area (Å²) in [7, 11) is 1.62. The summed E-state index contributed by atoms with van der Waals surface area (Å²) in [6.45, 7) is 0.429. The van der Waals surface area contributed by atoms with Gasteiger partial charge in [-0.05, 0) is 33.4 Å². The Hall–Kier alpha value is -0.490. The van der Waals surface area contributed by atoms with Crippen LogP contribution in [-0.4, -0.2) is 17.1 Å². The summed E-state index contributed by atoms with van der Waals surface area (Å²) < 4.78 is 6.00. The molecule has 0 amide bonds. The average Bonchev–Trinajstić information content (AvgIpc) is 2.64. The fourth-order valence-corrected chi connectivity index (χ4v) is 2.93. The van der Waals surface area contributed by atoms with Gasteiger partial charge in [0.2, 0.25) is 0 Å². The van der Waals surface area contributed by atoms with Crippen molar-refractivity contribution in [1.82, 2.24) is 9.97 Å². The fraction of sp³-hybridized carbons (Fsp3) is 0.200. The van der Waals surface area contributed by atoms with Crippen LogP contribution in [0.25, 0.3) is 10.7 Å². The largest absolute Gasteiger partial charge is 0.378 e. The first kappa shape index (κ1) is 12.0. The number of nitrogens with zero attached hydrogens (tertiary/aromatic N) is 2. The second kappa shape index (κ2) is 5.23. The van der Waals surface area contributed by atoms with Crippen molar-refractivity contribution in [3.05, 3.63) is 32.8 Å². The van der Waals surface area contributed by atoms with Crippen LogP contribution in [-0.2, 0) is 11.3 Å². The molecule has 0 fully saturated rings. The van der Waals surface area contributed by atoms with Crippen LogP contribution < -0.4 is 0 Å². The minimum Gasteiger partial charge on any atom is -0.378 e. The van der Waals surface area contributed by atoms with E-state index in [1.165, 1.54) is 0 Å². The normalized spacial score (nSPS) is 10.7. The third-order valence-corrected chi connectivity index (χ3v) is 3.89. The molecule has 2 aromatic heterocycles. The molecule has 0 N–H and O–H groups in total. The molecule has 0 saturated heterocycles. The molecule has 16 heavy (non-hydrogen) atoms. The van der Waals surface area contributed by atoms with Gasteiger partial charge in [0.05, 0.1) is 17.2 Å². The van der Waals surface area contributed by atoms with Gasteiger partial charge < -0.3 is 4.74 Å². The Balaban J connectivity index is 2.45. The van der Waals surface area contributed by atoms with Crippen molar-refractivity contribution in [2.75, 3.05) is 7.11 Å². The molecule has 0 saturated carbocycles. The Morgan fingerprint density at radius 2 is 2.31 bits per heavy atom. The van der Waals surface area contributed by atoms with Crippen LogP contribution >= 0.6 is 38.9 Å². The molecular weight excluding hydrogens is 312 g/mol. The zero-order valence-electron chi connectivity index (χ0n) is 8.41. The van der Waals surface area contributed by atoms with Crippen LogP contribution in [0.4, 0.5) is 0 Å². The van der Waals surface area contributed by atoms with E-state index in [9.17, 15) is 0 Å². The maximum atomic E-state index is 5.94. The van der Waals surface area contributed by atoms with Gasteiger partial charge in [-0.3, -0.25) is 0 Å². The average molecular weight is 320 g/mol. The smallest absolute Gasteiger partial charge is 0.172 e. The molecule has 2 aromatic rings. The highest BCUT2D eigenvalue weighted by molar-refractivity contribution is 9.10. The van der Waals surface area contributed by atoms with Crippen molar-refractivity contribution < 1.29 is 4.74 Å². The van der Waals surface area contributed by atoms with Gasteiger partial charge in [0.25, 0.3) is 0 Å². The second-order valence-electron chi connectivity index (χ2n) is 3.04. The standard InChI is InChI=1S/C10H8BrClN2OS/c1-15-5-6-4-8(12)14-10(13-6)9-7(11)2-3-16-9/h2-4H,5H2,1H3. The number of ether oxygens (including phenoxy) is 1. The van der Waals surface area contributed by atoms with Gasteiger partial charge in [-0.2, -0.15) is 0 Å². The van der Waals surface area contributed by atoms with Gasteiger partial charge in [-0.15, -0.1) is 11.3 Å². The summed E-state index contributed by atoms with van der Waals surface area (Å²) in [5.41, 5.74) is 0.776. The number of rotatable bonds is 3. The SMILES string of the molecule is COCc1cc(Cl)nc(-c2sccc2Br)n1. The topological polar surface area (TPSA) is 35.0 Å².